The van der Waals surface area contributed by atoms with Gasteiger partial charge < -0.3 is 23.4 Å². The molecule has 1 N–H and O–H groups in total. The van der Waals surface area contributed by atoms with Crippen LogP contribution in [0.4, 0.5) is 6.01 Å². The highest BCUT2D eigenvalue weighted by Crippen LogP contribution is 2.33. The molecule has 0 unspecified atom stereocenters. The van der Waals surface area contributed by atoms with Crippen molar-refractivity contribution in [1.29, 1.82) is 0 Å². The first kappa shape index (κ1) is 19.6. The maximum absolute atomic E-state index is 12.6. The Labute approximate surface area is 172 Å². The summed E-state index contributed by atoms with van der Waals surface area (Å²) >= 11 is 0. The molecular formula is C21H21N3O6. The van der Waals surface area contributed by atoms with E-state index in [4.69, 9.17) is 23.4 Å². The van der Waals surface area contributed by atoms with Crippen molar-refractivity contribution in [2.45, 2.75) is 20.3 Å². The van der Waals surface area contributed by atoms with E-state index < -0.39 is 5.91 Å². The standard InChI is InChI=1S/C21H21N3O6/c1-3-26-15-8-6-14(11-18(15)27-4-2)20(25)22-21-24-23-19(30-21)10-13-5-7-16-17(9-13)29-12-28-16/h5-9,11H,3-4,10,12H2,1-2H3,(H,22,24,25). The van der Waals surface area contributed by atoms with Crippen LogP contribution in [-0.2, 0) is 6.42 Å². The second-order valence-corrected chi connectivity index (χ2v) is 6.35. The van der Waals surface area contributed by atoms with Crippen LogP contribution >= 0.6 is 0 Å². The number of anilines is 1. The molecule has 0 saturated heterocycles. The number of ether oxygens (including phenoxy) is 4. The molecule has 2 aromatic carbocycles. The summed E-state index contributed by atoms with van der Waals surface area (Å²) in [5.41, 5.74) is 1.31. The number of hydrogen-bond donors (Lipinski definition) is 1. The third-order valence-corrected chi connectivity index (χ3v) is 4.29. The normalized spacial score (nSPS) is 11.9. The number of amides is 1. The van der Waals surface area contributed by atoms with E-state index in [1.807, 2.05) is 32.0 Å². The van der Waals surface area contributed by atoms with Crippen LogP contribution in [0.15, 0.2) is 40.8 Å². The Hall–Kier alpha value is -3.75. The average Bonchev–Trinajstić information content (AvgIpc) is 3.38. The summed E-state index contributed by atoms with van der Waals surface area (Å²) in [5.74, 6) is 2.45. The predicted molar refractivity (Wildman–Crippen MR) is 106 cm³/mol. The van der Waals surface area contributed by atoms with E-state index in [9.17, 15) is 4.79 Å². The van der Waals surface area contributed by atoms with Gasteiger partial charge in [-0.1, -0.05) is 11.2 Å². The zero-order valence-electron chi connectivity index (χ0n) is 16.6. The molecule has 0 spiro atoms. The fourth-order valence-electron chi connectivity index (χ4n) is 2.96. The van der Waals surface area contributed by atoms with Crippen molar-refractivity contribution >= 4 is 11.9 Å². The van der Waals surface area contributed by atoms with Gasteiger partial charge in [-0.25, -0.2) is 0 Å². The number of aromatic nitrogens is 2. The summed E-state index contributed by atoms with van der Waals surface area (Å²) in [6, 6.07) is 10.6. The van der Waals surface area contributed by atoms with Gasteiger partial charge in [0.15, 0.2) is 23.0 Å². The molecule has 1 amide bonds. The highest BCUT2D eigenvalue weighted by Gasteiger charge is 2.17. The Kier molecular flexibility index (Phi) is 5.69. The summed E-state index contributed by atoms with van der Waals surface area (Å²) in [6.45, 7) is 4.92. The first-order valence-electron chi connectivity index (χ1n) is 9.58. The number of rotatable bonds is 8. The number of hydrogen-bond acceptors (Lipinski definition) is 8. The Morgan fingerprint density at radius 1 is 1.00 bits per heavy atom. The molecule has 1 aromatic heterocycles. The average molecular weight is 411 g/mol. The van der Waals surface area contributed by atoms with E-state index in [0.717, 1.165) is 5.56 Å². The van der Waals surface area contributed by atoms with Gasteiger partial charge in [-0.15, -0.1) is 5.10 Å². The summed E-state index contributed by atoms with van der Waals surface area (Å²) in [5, 5.41) is 10.5. The van der Waals surface area contributed by atoms with Gasteiger partial charge in [-0.2, -0.15) is 0 Å². The highest BCUT2D eigenvalue weighted by molar-refractivity contribution is 6.03. The summed E-state index contributed by atoms with van der Waals surface area (Å²) in [4.78, 5) is 12.6. The third kappa shape index (κ3) is 4.29. The molecular weight excluding hydrogens is 390 g/mol. The molecule has 9 heteroatoms. The molecule has 0 saturated carbocycles. The molecule has 0 atom stereocenters. The number of carbonyl (C=O) groups excluding carboxylic acids is 1. The van der Waals surface area contributed by atoms with Gasteiger partial charge in [0, 0.05) is 5.56 Å². The Morgan fingerprint density at radius 2 is 1.80 bits per heavy atom. The molecule has 0 radical (unpaired) electrons. The van der Waals surface area contributed by atoms with Crippen LogP contribution in [-0.4, -0.2) is 36.1 Å². The van der Waals surface area contributed by atoms with Crippen LogP contribution in [0.3, 0.4) is 0 Å². The van der Waals surface area contributed by atoms with E-state index in [2.05, 4.69) is 15.5 Å². The summed E-state index contributed by atoms with van der Waals surface area (Å²) in [6.07, 6.45) is 0.400. The number of nitrogens with one attached hydrogen (secondary N) is 1. The van der Waals surface area contributed by atoms with E-state index in [1.54, 1.807) is 18.2 Å². The van der Waals surface area contributed by atoms with Crippen LogP contribution in [0.1, 0.15) is 35.7 Å². The minimum atomic E-state index is -0.391. The summed E-state index contributed by atoms with van der Waals surface area (Å²) < 4.78 is 27.3. The minimum Gasteiger partial charge on any atom is -0.490 e. The number of benzene rings is 2. The Morgan fingerprint density at radius 3 is 2.63 bits per heavy atom. The van der Waals surface area contributed by atoms with Crippen molar-refractivity contribution in [3.63, 3.8) is 0 Å². The topological polar surface area (TPSA) is 105 Å². The maximum atomic E-state index is 12.6. The summed E-state index contributed by atoms with van der Waals surface area (Å²) in [7, 11) is 0. The van der Waals surface area contributed by atoms with Crippen LogP contribution < -0.4 is 24.3 Å². The van der Waals surface area contributed by atoms with Gasteiger partial charge in [0.1, 0.15) is 0 Å². The second-order valence-electron chi connectivity index (χ2n) is 6.35. The zero-order chi connectivity index (χ0) is 20.9. The van der Waals surface area contributed by atoms with Crippen molar-refractivity contribution in [1.82, 2.24) is 10.2 Å². The van der Waals surface area contributed by atoms with E-state index in [0.29, 0.717) is 54.1 Å². The molecule has 1 aliphatic rings. The zero-order valence-corrected chi connectivity index (χ0v) is 16.6. The second kappa shape index (κ2) is 8.73. The van der Waals surface area contributed by atoms with Crippen molar-refractivity contribution in [3.05, 3.63) is 53.4 Å². The predicted octanol–water partition coefficient (Wildman–Crippen LogP) is 3.44. The first-order chi connectivity index (χ1) is 14.7. The fraction of sp³-hybridized carbons (Fsp3) is 0.286. The lowest BCUT2D eigenvalue weighted by molar-refractivity contribution is 0.102. The van der Waals surface area contributed by atoms with Crippen LogP contribution in [0.5, 0.6) is 23.0 Å². The molecule has 1 aliphatic heterocycles. The van der Waals surface area contributed by atoms with Crippen LogP contribution in [0, 0.1) is 0 Å². The largest absolute Gasteiger partial charge is 0.490 e. The molecule has 0 fully saturated rings. The molecule has 0 bridgehead atoms. The van der Waals surface area contributed by atoms with Crippen molar-refractivity contribution < 1.29 is 28.2 Å². The van der Waals surface area contributed by atoms with Crippen LogP contribution in [0.25, 0.3) is 0 Å². The molecule has 4 rings (SSSR count). The van der Waals surface area contributed by atoms with Gasteiger partial charge in [0.25, 0.3) is 5.91 Å². The molecule has 0 aliphatic carbocycles. The maximum Gasteiger partial charge on any atom is 0.322 e. The molecule has 156 valence electrons. The monoisotopic (exact) mass is 411 g/mol. The Bertz CT molecular complexity index is 1050. The van der Waals surface area contributed by atoms with E-state index in [1.165, 1.54) is 0 Å². The number of carbonyl (C=O) groups is 1. The quantitative estimate of drug-likeness (QED) is 0.601. The minimum absolute atomic E-state index is 0.0163. The molecule has 30 heavy (non-hydrogen) atoms. The Balaban J connectivity index is 1.43. The van der Waals surface area contributed by atoms with E-state index >= 15 is 0 Å². The molecule has 2 heterocycles. The van der Waals surface area contributed by atoms with Gasteiger partial charge in [0.2, 0.25) is 12.7 Å². The van der Waals surface area contributed by atoms with Gasteiger partial charge >= 0.3 is 6.01 Å². The smallest absolute Gasteiger partial charge is 0.322 e. The lowest BCUT2D eigenvalue weighted by atomic mass is 10.1. The van der Waals surface area contributed by atoms with Crippen molar-refractivity contribution in [2.75, 3.05) is 25.3 Å². The van der Waals surface area contributed by atoms with Crippen molar-refractivity contribution in [3.8, 4) is 23.0 Å². The fourth-order valence-corrected chi connectivity index (χ4v) is 2.96. The first-order valence-corrected chi connectivity index (χ1v) is 9.58. The number of fused-ring (bicyclic) bond motifs is 1. The number of nitrogens with zero attached hydrogens (tertiary/aromatic N) is 2. The van der Waals surface area contributed by atoms with Gasteiger partial charge in [-0.3, -0.25) is 10.1 Å². The molecule has 9 nitrogen and oxygen atoms in total. The van der Waals surface area contributed by atoms with Gasteiger partial charge in [0.05, 0.1) is 19.6 Å². The highest BCUT2D eigenvalue weighted by atomic mass is 16.7. The lowest BCUT2D eigenvalue weighted by Gasteiger charge is -2.11. The lowest BCUT2D eigenvalue weighted by Crippen LogP contribution is -2.12. The van der Waals surface area contributed by atoms with Crippen molar-refractivity contribution in [2.24, 2.45) is 0 Å². The molecule has 3 aromatic rings. The SMILES string of the molecule is CCOc1ccc(C(=O)Nc2nnc(Cc3ccc4c(c3)OCO4)o2)cc1OCC. The third-order valence-electron chi connectivity index (χ3n) is 4.29. The van der Waals surface area contributed by atoms with Gasteiger partial charge in [-0.05, 0) is 49.7 Å². The van der Waals surface area contributed by atoms with E-state index in [-0.39, 0.29) is 12.8 Å². The van der Waals surface area contributed by atoms with Crippen LogP contribution in [0.2, 0.25) is 0 Å².